The molecule has 88 valence electrons. The fourth-order valence-electron chi connectivity index (χ4n) is 2.96. The van der Waals surface area contributed by atoms with Crippen molar-refractivity contribution in [1.82, 2.24) is 9.80 Å². The summed E-state index contributed by atoms with van der Waals surface area (Å²) in [5.41, 5.74) is 0. The smallest absolute Gasteiger partial charge is 0.0737 e. The van der Waals surface area contributed by atoms with Crippen molar-refractivity contribution < 1.29 is 10.2 Å². The molecule has 0 amide bonds. The van der Waals surface area contributed by atoms with Crippen LogP contribution in [0.5, 0.6) is 0 Å². The van der Waals surface area contributed by atoms with Crippen LogP contribution in [0.15, 0.2) is 0 Å². The highest BCUT2D eigenvalue weighted by Crippen LogP contribution is 2.27. The van der Waals surface area contributed by atoms with Gasteiger partial charge in [-0.2, -0.15) is 0 Å². The number of likely N-dealkylation sites (N-methyl/N-ethyl adjacent to an activating group) is 1. The SMILES string of the molecule is CN1CCC(C(O)[C@@H]2C[C@@H](O)CN2C)C1. The molecule has 2 fully saturated rings. The summed E-state index contributed by atoms with van der Waals surface area (Å²) in [7, 11) is 4.09. The first-order valence-electron chi connectivity index (χ1n) is 5.83. The highest BCUT2D eigenvalue weighted by molar-refractivity contribution is 4.93. The number of rotatable bonds is 2. The zero-order valence-corrected chi connectivity index (χ0v) is 9.63. The summed E-state index contributed by atoms with van der Waals surface area (Å²) in [5, 5.41) is 19.8. The molecule has 4 nitrogen and oxygen atoms in total. The molecule has 0 spiro atoms. The molecule has 0 bridgehead atoms. The molecule has 2 aliphatic heterocycles. The van der Waals surface area contributed by atoms with Crippen molar-refractivity contribution in [3.63, 3.8) is 0 Å². The summed E-state index contributed by atoms with van der Waals surface area (Å²) >= 11 is 0. The third-order valence-electron chi connectivity index (χ3n) is 3.88. The highest BCUT2D eigenvalue weighted by atomic mass is 16.3. The Morgan fingerprint density at radius 3 is 2.47 bits per heavy atom. The monoisotopic (exact) mass is 214 g/mol. The Hall–Kier alpha value is -0.160. The van der Waals surface area contributed by atoms with E-state index in [0.717, 1.165) is 25.9 Å². The Morgan fingerprint density at radius 2 is 2.00 bits per heavy atom. The van der Waals surface area contributed by atoms with Crippen LogP contribution in [0.25, 0.3) is 0 Å². The van der Waals surface area contributed by atoms with E-state index in [9.17, 15) is 10.2 Å². The number of likely N-dealkylation sites (tertiary alicyclic amines) is 2. The van der Waals surface area contributed by atoms with Gasteiger partial charge in [-0.25, -0.2) is 0 Å². The molecule has 4 heteroatoms. The molecule has 2 saturated heterocycles. The average Bonchev–Trinajstić information content (AvgIpc) is 2.71. The predicted octanol–water partition coefficient (Wildman–Crippen LogP) is -0.636. The van der Waals surface area contributed by atoms with Crippen LogP contribution in [0.3, 0.4) is 0 Å². The molecule has 0 aliphatic carbocycles. The standard InChI is InChI=1S/C11H22N2O2/c1-12-4-3-8(6-12)11(15)10-5-9(14)7-13(10)2/h8-11,14-15H,3-7H2,1-2H3/t8?,9-,10+,11?/m1/s1. The molecule has 4 atom stereocenters. The van der Waals surface area contributed by atoms with Crippen LogP contribution in [0.2, 0.25) is 0 Å². The van der Waals surface area contributed by atoms with Crippen molar-refractivity contribution in [3.05, 3.63) is 0 Å². The van der Waals surface area contributed by atoms with Crippen LogP contribution in [-0.2, 0) is 0 Å². The second kappa shape index (κ2) is 4.37. The summed E-state index contributed by atoms with van der Waals surface area (Å²) in [6.45, 7) is 2.77. The lowest BCUT2D eigenvalue weighted by atomic mass is 9.93. The normalized spacial score (nSPS) is 41.2. The average molecular weight is 214 g/mol. The third kappa shape index (κ3) is 2.33. The van der Waals surface area contributed by atoms with E-state index in [-0.39, 0.29) is 18.2 Å². The van der Waals surface area contributed by atoms with Crippen molar-refractivity contribution in [3.8, 4) is 0 Å². The summed E-state index contributed by atoms with van der Waals surface area (Å²) in [6, 6.07) is 0.150. The van der Waals surface area contributed by atoms with E-state index in [2.05, 4.69) is 16.8 Å². The summed E-state index contributed by atoms with van der Waals surface area (Å²) < 4.78 is 0. The fraction of sp³-hybridized carbons (Fsp3) is 1.00. The van der Waals surface area contributed by atoms with Crippen LogP contribution < -0.4 is 0 Å². The van der Waals surface area contributed by atoms with Crippen LogP contribution in [0, 0.1) is 5.92 Å². The minimum absolute atomic E-state index is 0.150. The Labute approximate surface area is 91.5 Å². The van der Waals surface area contributed by atoms with E-state index in [0.29, 0.717) is 12.5 Å². The molecule has 2 N–H and O–H groups in total. The highest BCUT2D eigenvalue weighted by Gasteiger charge is 2.38. The Balaban J connectivity index is 1.93. The first kappa shape index (κ1) is 11.3. The predicted molar refractivity (Wildman–Crippen MR) is 58.7 cm³/mol. The Morgan fingerprint density at radius 1 is 1.27 bits per heavy atom. The van der Waals surface area contributed by atoms with Gasteiger partial charge in [-0.1, -0.05) is 0 Å². The molecule has 0 saturated carbocycles. The second-order valence-electron chi connectivity index (χ2n) is 5.20. The van der Waals surface area contributed by atoms with Crippen LogP contribution in [0.4, 0.5) is 0 Å². The van der Waals surface area contributed by atoms with Gasteiger partial charge in [0, 0.05) is 25.0 Å². The van der Waals surface area contributed by atoms with E-state index in [1.807, 2.05) is 7.05 Å². The number of hydrogen-bond acceptors (Lipinski definition) is 4. The first-order chi connectivity index (χ1) is 7.08. The zero-order valence-electron chi connectivity index (χ0n) is 9.63. The van der Waals surface area contributed by atoms with Crippen molar-refractivity contribution in [2.24, 2.45) is 5.92 Å². The maximum atomic E-state index is 10.3. The molecule has 2 heterocycles. The fourth-order valence-corrected chi connectivity index (χ4v) is 2.96. The van der Waals surface area contributed by atoms with Crippen LogP contribution in [-0.4, -0.2) is 72.0 Å². The molecular formula is C11H22N2O2. The number of aliphatic hydroxyl groups excluding tert-OH is 2. The van der Waals surface area contributed by atoms with E-state index in [4.69, 9.17) is 0 Å². The van der Waals surface area contributed by atoms with Gasteiger partial charge < -0.3 is 15.1 Å². The lowest BCUT2D eigenvalue weighted by Crippen LogP contribution is -2.41. The van der Waals surface area contributed by atoms with Gasteiger partial charge in [0.25, 0.3) is 0 Å². The topological polar surface area (TPSA) is 46.9 Å². The number of aliphatic hydroxyl groups is 2. The molecule has 0 aromatic carbocycles. The maximum Gasteiger partial charge on any atom is 0.0737 e. The van der Waals surface area contributed by atoms with Gasteiger partial charge in [0.15, 0.2) is 0 Å². The lowest BCUT2D eigenvalue weighted by Gasteiger charge is -2.28. The Bertz CT molecular complexity index is 225. The maximum absolute atomic E-state index is 10.3. The minimum atomic E-state index is -0.280. The van der Waals surface area contributed by atoms with Crippen molar-refractivity contribution >= 4 is 0 Å². The molecule has 2 unspecified atom stereocenters. The molecule has 2 rings (SSSR count). The van der Waals surface area contributed by atoms with E-state index in [1.54, 1.807) is 0 Å². The van der Waals surface area contributed by atoms with Crippen molar-refractivity contribution in [1.29, 1.82) is 0 Å². The summed E-state index contributed by atoms with van der Waals surface area (Å²) in [6.07, 6.45) is 1.27. The second-order valence-corrected chi connectivity index (χ2v) is 5.20. The molecule has 2 aliphatic rings. The first-order valence-corrected chi connectivity index (χ1v) is 5.83. The van der Waals surface area contributed by atoms with Gasteiger partial charge in [-0.3, -0.25) is 4.90 Å². The van der Waals surface area contributed by atoms with Gasteiger partial charge >= 0.3 is 0 Å². The quantitative estimate of drug-likeness (QED) is 0.642. The van der Waals surface area contributed by atoms with Crippen molar-refractivity contribution in [2.75, 3.05) is 33.7 Å². The van der Waals surface area contributed by atoms with E-state index < -0.39 is 0 Å². The van der Waals surface area contributed by atoms with Gasteiger partial charge in [-0.15, -0.1) is 0 Å². The molecule has 15 heavy (non-hydrogen) atoms. The van der Waals surface area contributed by atoms with Crippen molar-refractivity contribution in [2.45, 2.75) is 31.1 Å². The van der Waals surface area contributed by atoms with Gasteiger partial charge in [0.1, 0.15) is 0 Å². The van der Waals surface area contributed by atoms with Gasteiger partial charge in [-0.05, 0) is 33.5 Å². The summed E-state index contributed by atoms with van der Waals surface area (Å²) in [5.74, 6) is 0.382. The largest absolute Gasteiger partial charge is 0.392 e. The van der Waals surface area contributed by atoms with Crippen LogP contribution >= 0.6 is 0 Å². The number of β-amino-alcohol motifs (C(OH)–C–C–N with tert-alkyl or cyclic N) is 1. The van der Waals surface area contributed by atoms with Gasteiger partial charge in [0.05, 0.1) is 12.2 Å². The Kier molecular flexibility index (Phi) is 3.30. The molecule has 0 aromatic heterocycles. The van der Waals surface area contributed by atoms with E-state index >= 15 is 0 Å². The van der Waals surface area contributed by atoms with Gasteiger partial charge in [0.2, 0.25) is 0 Å². The minimum Gasteiger partial charge on any atom is -0.392 e. The number of nitrogens with zero attached hydrogens (tertiary/aromatic N) is 2. The molecule has 0 radical (unpaired) electrons. The van der Waals surface area contributed by atoms with E-state index in [1.165, 1.54) is 0 Å². The third-order valence-corrected chi connectivity index (χ3v) is 3.88. The number of hydrogen-bond donors (Lipinski definition) is 2. The molecular weight excluding hydrogens is 192 g/mol. The molecule has 0 aromatic rings. The summed E-state index contributed by atoms with van der Waals surface area (Å²) in [4.78, 5) is 4.35. The van der Waals surface area contributed by atoms with Crippen LogP contribution in [0.1, 0.15) is 12.8 Å². The lowest BCUT2D eigenvalue weighted by molar-refractivity contribution is 0.0398. The zero-order chi connectivity index (χ0) is 11.0.